The molecule has 0 spiro atoms. The van der Waals surface area contributed by atoms with Crippen molar-refractivity contribution in [2.24, 2.45) is 0 Å². The molecule has 1 aromatic rings. The lowest BCUT2D eigenvalue weighted by atomic mass is 9.86. The Labute approximate surface area is 96.8 Å². The molecule has 0 atom stereocenters. The van der Waals surface area contributed by atoms with Crippen LogP contribution >= 0.6 is 11.9 Å². The minimum atomic E-state index is 0.136. The third kappa shape index (κ3) is 2.81. The molecule has 0 amide bonds. The van der Waals surface area contributed by atoms with Crippen LogP contribution in [0.1, 0.15) is 31.9 Å². The third-order valence-corrected chi connectivity index (χ3v) is 2.95. The van der Waals surface area contributed by atoms with E-state index in [-0.39, 0.29) is 5.41 Å². The third-order valence-electron chi connectivity index (χ3n) is 2.53. The average Bonchev–Trinajstić information content (AvgIpc) is 2.11. The molecule has 0 aliphatic carbocycles. The van der Waals surface area contributed by atoms with Crippen molar-refractivity contribution in [2.45, 2.75) is 33.1 Å². The molecule has 0 radical (unpaired) electrons. The van der Waals surface area contributed by atoms with E-state index in [4.69, 9.17) is 5.73 Å². The molecule has 0 aromatic heterocycles. The van der Waals surface area contributed by atoms with Crippen LogP contribution in [0.4, 0.5) is 11.4 Å². The number of nitrogens with one attached hydrogen (secondary N) is 1. The first-order chi connectivity index (χ1) is 6.86. The second-order valence-corrected chi connectivity index (χ2v) is 5.41. The number of hydrogen-bond donors (Lipinski definition) is 2. The molecule has 3 heteroatoms. The van der Waals surface area contributed by atoms with E-state index in [1.807, 2.05) is 13.2 Å². The normalized spacial score (nSPS) is 11.5. The zero-order chi connectivity index (χ0) is 11.6. The van der Waals surface area contributed by atoms with E-state index in [1.54, 1.807) is 11.9 Å². The first-order valence-corrected chi connectivity index (χ1v) is 6.28. The Balaban J connectivity index is 3.23. The smallest absolute Gasteiger partial charge is 0.0492 e. The van der Waals surface area contributed by atoms with Gasteiger partial charge in [0, 0.05) is 17.6 Å². The standard InChI is InChI=1S/C12H20N2S/c1-8-10(13)6-9(12(2,3)4)7-11(8)14-15-5/h6-7,14H,13H2,1-5H3. The molecule has 0 saturated heterocycles. The number of rotatable bonds is 2. The molecular formula is C12H20N2S. The highest BCUT2D eigenvalue weighted by Gasteiger charge is 2.16. The first-order valence-electron chi connectivity index (χ1n) is 5.06. The fraction of sp³-hybridized carbons (Fsp3) is 0.500. The Bertz CT molecular complexity index is 353. The van der Waals surface area contributed by atoms with Crippen LogP contribution in [0.3, 0.4) is 0 Å². The fourth-order valence-electron chi connectivity index (χ4n) is 1.39. The van der Waals surface area contributed by atoms with Gasteiger partial charge >= 0.3 is 0 Å². The molecule has 15 heavy (non-hydrogen) atoms. The highest BCUT2D eigenvalue weighted by molar-refractivity contribution is 7.99. The van der Waals surface area contributed by atoms with Crippen molar-refractivity contribution in [1.29, 1.82) is 0 Å². The minimum absolute atomic E-state index is 0.136. The van der Waals surface area contributed by atoms with Gasteiger partial charge in [-0.2, -0.15) is 0 Å². The van der Waals surface area contributed by atoms with Crippen LogP contribution in [-0.2, 0) is 5.41 Å². The van der Waals surface area contributed by atoms with Gasteiger partial charge in [-0.05, 0) is 35.6 Å². The summed E-state index contributed by atoms with van der Waals surface area (Å²) >= 11 is 1.59. The quantitative estimate of drug-likeness (QED) is 0.596. The van der Waals surface area contributed by atoms with Crippen LogP contribution in [0.5, 0.6) is 0 Å². The van der Waals surface area contributed by atoms with E-state index in [0.29, 0.717) is 0 Å². The molecular weight excluding hydrogens is 204 g/mol. The molecule has 3 N–H and O–H groups in total. The van der Waals surface area contributed by atoms with Gasteiger partial charge in [0.05, 0.1) is 0 Å². The Morgan fingerprint density at radius 1 is 1.27 bits per heavy atom. The van der Waals surface area contributed by atoms with Crippen molar-refractivity contribution in [3.8, 4) is 0 Å². The van der Waals surface area contributed by atoms with E-state index in [9.17, 15) is 0 Å². The summed E-state index contributed by atoms with van der Waals surface area (Å²) in [7, 11) is 0. The van der Waals surface area contributed by atoms with Crippen LogP contribution < -0.4 is 10.5 Å². The van der Waals surface area contributed by atoms with E-state index >= 15 is 0 Å². The molecule has 84 valence electrons. The number of benzene rings is 1. The van der Waals surface area contributed by atoms with Crippen molar-refractivity contribution in [1.82, 2.24) is 0 Å². The monoisotopic (exact) mass is 224 g/mol. The van der Waals surface area contributed by atoms with Gasteiger partial charge in [-0.1, -0.05) is 32.7 Å². The van der Waals surface area contributed by atoms with Crippen LogP contribution in [0, 0.1) is 6.92 Å². The maximum absolute atomic E-state index is 6.00. The Morgan fingerprint density at radius 2 is 1.87 bits per heavy atom. The number of nitrogen functional groups attached to an aromatic ring is 1. The summed E-state index contributed by atoms with van der Waals surface area (Å²) in [4.78, 5) is 0. The van der Waals surface area contributed by atoms with Gasteiger partial charge < -0.3 is 10.5 Å². The van der Waals surface area contributed by atoms with E-state index in [0.717, 1.165) is 16.9 Å². The summed E-state index contributed by atoms with van der Waals surface area (Å²) < 4.78 is 3.27. The second-order valence-electron chi connectivity index (χ2n) is 4.79. The Hall–Kier alpha value is -0.830. The van der Waals surface area contributed by atoms with Crippen LogP contribution in [0.25, 0.3) is 0 Å². The molecule has 1 rings (SSSR count). The average molecular weight is 224 g/mol. The van der Waals surface area contributed by atoms with Gasteiger partial charge in [0.25, 0.3) is 0 Å². The van der Waals surface area contributed by atoms with Gasteiger partial charge in [-0.3, -0.25) is 0 Å². The van der Waals surface area contributed by atoms with Crippen molar-refractivity contribution in [3.63, 3.8) is 0 Å². The second kappa shape index (κ2) is 4.35. The minimum Gasteiger partial charge on any atom is -0.398 e. The molecule has 0 aliphatic heterocycles. The zero-order valence-electron chi connectivity index (χ0n) is 10.1. The lowest BCUT2D eigenvalue weighted by Gasteiger charge is -2.22. The molecule has 0 unspecified atom stereocenters. The van der Waals surface area contributed by atoms with E-state index in [2.05, 4.69) is 37.6 Å². The van der Waals surface area contributed by atoms with Crippen molar-refractivity contribution >= 4 is 23.3 Å². The van der Waals surface area contributed by atoms with Gasteiger partial charge in [0.15, 0.2) is 0 Å². The predicted molar refractivity (Wildman–Crippen MR) is 71.4 cm³/mol. The maximum Gasteiger partial charge on any atom is 0.0492 e. The summed E-state index contributed by atoms with van der Waals surface area (Å²) in [5.74, 6) is 0. The van der Waals surface area contributed by atoms with Gasteiger partial charge in [0.1, 0.15) is 0 Å². The number of hydrogen-bond acceptors (Lipinski definition) is 3. The van der Waals surface area contributed by atoms with Crippen LogP contribution in [0.2, 0.25) is 0 Å². The summed E-state index contributed by atoms with van der Waals surface area (Å²) in [6.45, 7) is 8.63. The van der Waals surface area contributed by atoms with Crippen LogP contribution in [-0.4, -0.2) is 6.26 Å². The van der Waals surface area contributed by atoms with Crippen molar-refractivity contribution in [2.75, 3.05) is 16.7 Å². The summed E-state index contributed by atoms with van der Waals surface area (Å²) in [5.41, 5.74) is 10.5. The summed E-state index contributed by atoms with van der Waals surface area (Å²) in [5, 5.41) is 0. The Kier molecular flexibility index (Phi) is 3.55. The number of anilines is 2. The maximum atomic E-state index is 6.00. The molecule has 0 saturated carbocycles. The topological polar surface area (TPSA) is 38.0 Å². The van der Waals surface area contributed by atoms with E-state index < -0.39 is 0 Å². The number of nitrogens with two attached hydrogens (primary N) is 1. The molecule has 0 aliphatic rings. The van der Waals surface area contributed by atoms with Gasteiger partial charge in [0.2, 0.25) is 0 Å². The largest absolute Gasteiger partial charge is 0.398 e. The van der Waals surface area contributed by atoms with Crippen LogP contribution in [0.15, 0.2) is 12.1 Å². The van der Waals surface area contributed by atoms with Crippen molar-refractivity contribution < 1.29 is 0 Å². The van der Waals surface area contributed by atoms with Gasteiger partial charge in [-0.25, -0.2) is 0 Å². The molecule has 1 aromatic carbocycles. The molecule has 2 nitrogen and oxygen atoms in total. The SMILES string of the molecule is CSNc1cc(C(C)(C)C)cc(N)c1C. The fourth-order valence-corrected chi connectivity index (χ4v) is 1.82. The molecule has 0 bridgehead atoms. The summed E-state index contributed by atoms with van der Waals surface area (Å²) in [6, 6.07) is 4.25. The Morgan fingerprint density at radius 3 is 2.33 bits per heavy atom. The highest BCUT2D eigenvalue weighted by Crippen LogP contribution is 2.31. The summed E-state index contributed by atoms with van der Waals surface area (Å²) in [6.07, 6.45) is 2.01. The highest BCUT2D eigenvalue weighted by atomic mass is 32.2. The predicted octanol–water partition coefficient (Wildman–Crippen LogP) is 3.56. The van der Waals surface area contributed by atoms with Crippen molar-refractivity contribution in [3.05, 3.63) is 23.3 Å². The first kappa shape index (κ1) is 12.2. The van der Waals surface area contributed by atoms with Gasteiger partial charge in [-0.15, -0.1) is 0 Å². The lowest BCUT2D eigenvalue weighted by molar-refractivity contribution is 0.590. The van der Waals surface area contributed by atoms with E-state index in [1.165, 1.54) is 5.56 Å². The molecule has 0 fully saturated rings. The molecule has 0 heterocycles. The zero-order valence-corrected chi connectivity index (χ0v) is 11.0. The lowest BCUT2D eigenvalue weighted by Crippen LogP contribution is -2.12.